The molecule has 0 aromatic heterocycles. The van der Waals surface area contributed by atoms with Gasteiger partial charge in [-0.05, 0) is 49.6 Å². The van der Waals surface area contributed by atoms with Crippen LogP contribution in [0.3, 0.4) is 0 Å². The molecule has 0 spiro atoms. The first-order valence-corrected chi connectivity index (χ1v) is 8.82. The van der Waals surface area contributed by atoms with Gasteiger partial charge in [0.25, 0.3) is 5.91 Å². The van der Waals surface area contributed by atoms with Crippen molar-refractivity contribution in [3.8, 4) is 0 Å². The number of carbonyl (C=O) groups is 3. The fraction of sp³-hybridized carbons (Fsp3) is 0.286. The first kappa shape index (κ1) is 20.2. The monoisotopic (exact) mass is 368 g/mol. The van der Waals surface area contributed by atoms with Gasteiger partial charge in [-0.15, -0.1) is 0 Å². The molecule has 2 N–H and O–H groups in total. The van der Waals surface area contributed by atoms with Gasteiger partial charge in [-0.1, -0.05) is 30.3 Å². The number of esters is 1. The van der Waals surface area contributed by atoms with Crippen LogP contribution in [0.25, 0.3) is 0 Å². The van der Waals surface area contributed by atoms with Crippen molar-refractivity contribution in [1.29, 1.82) is 0 Å². The maximum atomic E-state index is 12.0. The van der Waals surface area contributed by atoms with Crippen LogP contribution in [0, 0.1) is 0 Å². The van der Waals surface area contributed by atoms with Crippen molar-refractivity contribution >= 4 is 23.5 Å². The summed E-state index contributed by atoms with van der Waals surface area (Å²) in [6.07, 6.45) is 1.66. The molecule has 27 heavy (non-hydrogen) atoms. The highest BCUT2D eigenvalue weighted by molar-refractivity contribution is 5.93. The Balaban J connectivity index is 1.72. The zero-order chi connectivity index (χ0) is 19.6. The van der Waals surface area contributed by atoms with Gasteiger partial charge in [0.1, 0.15) is 0 Å². The molecule has 0 aliphatic carbocycles. The van der Waals surface area contributed by atoms with E-state index in [9.17, 15) is 14.4 Å². The molecule has 0 unspecified atom stereocenters. The molecule has 0 radical (unpaired) electrons. The lowest BCUT2D eigenvalue weighted by Crippen LogP contribution is -2.36. The number of hydrogen-bond donors (Lipinski definition) is 2. The van der Waals surface area contributed by atoms with E-state index in [1.54, 1.807) is 12.1 Å². The smallest absolute Gasteiger partial charge is 0.338 e. The van der Waals surface area contributed by atoms with Crippen molar-refractivity contribution in [3.05, 3.63) is 65.7 Å². The lowest BCUT2D eigenvalue weighted by molar-refractivity contribution is -0.124. The van der Waals surface area contributed by atoms with Gasteiger partial charge in [0, 0.05) is 18.7 Å². The molecule has 0 saturated heterocycles. The summed E-state index contributed by atoms with van der Waals surface area (Å²) >= 11 is 0. The number of aryl methyl sites for hydroxylation is 1. The van der Waals surface area contributed by atoms with Gasteiger partial charge in [-0.2, -0.15) is 0 Å². The van der Waals surface area contributed by atoms with E-state index in [4.69, 9.17) is 4.74 Å². The van der Waals surface area contributed by atoms with E-state index in [1.165, 1.54) is 24.6 Å². The number of amides is 2. The van der Waals surface area contributed by atoms with Crippen LogP contribution in [-0.2, 0) is 20.7 Å². The maximum absolute atomic E-state index is 12.0. The van der Waals surface area contributed by atoms with Crippen molar-refractivity contribution in [2.45, 2.75) is 32.7 Å². The fourth-order valence-electron chi connectivity index (χ4n) is 2.52. The maximum Gasteiger partial charge on any atom is 0.338 e. The molecule has 6 nitrogen and oxygen atoms in total. The zero-order valence-electron chi connectivity index (χ0n) is 15.5. The molecule has 6 heteroatoms. The lowest BCUT2D eigenvalue weighted by atomic mass is 10.1. The Hall–Kier alpha value is -3.15. The van der Waals surface area contributed by atoms with Crippen molar-refractivity contribution in [2.24, 2.45) is 0 Å². The van der Waals surface area contributed by atoms with Crippen LogP contribution in [-0.4, -0.2) is 30.4 Å². The lowest BCUT2D eigenvalue weighted by Gasteiger charge is -2.14. The summed E-state index contributed by atoms with van der Waals surface area (Å²) in [6.45, 7) is 2.99. The number of hydrogen-bond acceptors (Lipinski definition) is 4. The largest absolute Gasteiger partial charge is 0.452 e. The summed E-state index contributed by atoms with van der Waals surface area (Å²) in [5, 5.41) is 5.44. The van der Waals surface area contributed by atoms with Crippen molar-refractivity contribution in [1.82, 2.24) is 5.32 Å². The van der Waals surface area contributed by atoms with Crippen LogP contribution < -0.4 is 10.6 Å². The van der Waals surface area contributed by atoms with Crippen LogP contribution in [0.15, 0.2) is 54.6 Å². The zero-order valence-corrected chi connectivity index (χ0v) is 15.5. The highest BCUT2D eigenvalue weighted by atomic mass is 16.5. The third-order valence-electron chi connectivity index (χ3n) is 3.89. The van der Waals surface area contributed by atoms with Gasteiger partial charge in [-0.3, -0.25) is 9.59 Å². The number of carbonyl (C=O) groups excluding carboxylic acids is 3. The summed E-state index contributed by atoms with van der Waals surface area (Å²) < 4.78 is 5.04. The molecule has 0 aliphatic rings. The number of benzene rings is 2. The number of ether oxygens (including phenoxy) is 1. The summed E-state index contributed by atoms with van der Waals surface area (Å²) in [5.41, 5.74) is 2.12. The molecule has 0 fully saturated rings. The van der Waals surface area contributed by atoms with Gasteiger partial charge in [0.2, 0.25) is 5.91 Å². The minimum Gasteiger partial charge on any atom is -0.452 e. The Morgan fingerprint density at radius 2 is 1.67 bits per heavy atom. The summed E-state index contributed by atoms with van der Waals surface area (Å²) in [4.78, 5) is 34.9. The molecule has 0 bridgehead atoms. The molecular formula is C21H24N2O4. The minimum atomic E-state index is -0.587. The van der Waals surface area contributed by atoms with Crippen LogP contribution in [0.5, 0.6) is 0 Å². The summed E-state index contributed by atoms with van der Waals surface area (Å²) in [5.74, 6) is -1.11. The summed E-state index contributed by atoms with van der Waals surface area (Å²) in [7, 11) is 0. The van der Waals surface area contributed by atoms with Crippen molar-refractivity contribution < 1.29 is 19.1 Å². The number of nitrogens with one attached hydrogen (secondary N) is 2. The molecule has 0 saturated carbocycles. The van der Waals surface area contributed by atoms with Crippen molar-refractivity contribution in [2.75, 3.05) is 11.9 Å². The topological polar surface area (TPSA) is 84.5 Å². The van der Waals surface area contributed by atoms with Gasteiger partial charge < -0.3 is 15.4 Å². The van der Waals surface area contributed by atoms with E-state index < -0.39 is 5.97 Å². The predicted octanol–water partition coefficient (Wildman–Crippen LogP) is 2.94. The third kappa shape index (κ3) is 7.32. The van der Waals surface area contributed by atoms with E-state index in [-0.39, 0.29) is 24.5 Å². The molecule has 2 rings (SSSR count). The van der Waals surface area contributed by atoms with Crippen LogP contribution in [0.4, 0.5) is 5.69 Å². The Labute approximate surface area is 158 Å². The Kier molecular flexibility index (Phi) is 7.55. The molecule has 2 aromatic rings. The van der Waals surface area contributed by atoms with Crippen LogP contribution >= 0.6 is 0 Å². The molecule has 142 valence electrons. The second-order valence-corrected chi connectivity index (χ2v) is 6.33. The first-order valence-electron chi connectivity index (χ1n) is 8.82. The second kappa shape index (κ2) is 10.1. The Morgan fingerprint density at radius 3 is 2.30 bits per heavy atom. The molecule has 2 aromatic carbocycles. The van der Waals surface area contributed by atoms with E-state index in [2.05, 4.69) is 10.6 Å². The average Bonchev–Trinajstić information content (AvgIpc) is 2.65. The number of anilines is 1. The Morgan fingerprint density at radius 1 is 1.00 bits per heavy atom. The van der Waals surface area contributed by atoms with E-state index in [0.717, 1.165) is 12.8 Å². The minimum absolute atomic E-state index is 0.0200. The van der Waals surface area contributed by atoms with Crippen LogP contribution in [0.2, 0.25) is 0 Å². The van der Waals surface area contributed by atoms with E-state index >= 15 is 0 Å². The normalized spacial score (nSPS) is 11.3. The first-order chi connectivity index (χ1) is 12.9. The molecule has 0 heterocycles. The van der Waals surface area contributed by atoms with Gasteiger partial charge in [0.05, 0.1) is 5.56 Å². The molecule has 2 amide bonds. The summed E-state index contributed by atoms with van der Waals surface area (Å²) in [6, 6.07) is 16.3. The van der Waals surface area contributed by atoms with Gasteiger partial charge in [0.15, 0.2) is 6.61 Å². The van der Waals surface area contributed by atoms with E-state index in [0.29, 0.717) is 11.3 Å². The number of rotatable bonds is 8. The highest BCUT2D eigenvalue weighted by Crippen LogP contribution is 2.10. The van der Waals surface area contributed by atoms with Crippen molar-refractivity contribution in [3.63, 3.8) is 0 Å². The van der Waals surface area contributed by atoms with Gasteiger partial charge in [-0.25, -0.2) is 4.79 Å². The average molecular weight is 368 g/mol. The molecule has 1 atom stereocenters. The third-order valence-corrected chi connectivity index (χ3v) is 3.89. The standard InChI is InChI=1S/C21H24N2O4/c1-15(8-9-17-6-4-3-5-7-17)22-20(25)14-27-21(26)18-10-12-19(13-11-18)23-16(2)24/h3-7,10-13,15H,8-9,14H2,1-2H3,(H,22,25)(H,23,24)/t15-/m1/s1. The second-order valence-electron chi connectivity index (χ2n) is 6.33. The SMILES string of the molecule is CC(=O)Nc1ccc(C(=O)OCC(=O)N[C@H](C)CCc2ccccc2)cc1. The highest BCUT2D eigenvalue weighted by Gasteiger charge is 2.12. The molecular weight excluding hydrogens is 344 g/mol. The molecule has 0 aliphatic heterocycles. The van der Waals surface area contributed by atoms with Gasteiger partial charge >= 0.3 is 5.97 Å². The van der Waals surface area contributed by atoms with Crippen LogP contribution in [0.1, 0.15) is 36.2 Å². The fourth-order valence-corrected chi connectivity index (χ4v) is 2.52. The Bertz CT molecular complexity index is 773. The van der Waals surface area contributed by atoms with E-state index in [1.807, 2.05) is 37.3 Å². The quantitative estimate of drug-likeness (QED) is 0.702. The predicted molar refractivity (Wildman–Crippen MR) is 103 cm³/mol.